The van der Waals surface area contributed by atoms with Gasteiger partial charge in [0.2, 0.25) is 17.5 Å². The summed E-state index contributed by atoms with van der Waals surface area (Å²) in [6, 6.07) is 1.49. The standard InChI is InChI=1S/C11H15N5O/c1-7(2)6-8(12)11-15-10(16-17-11)9-13-4-3-5-14-9/h3-5,7-8H,6,12H2,1-2H3/t8-/m1/s1. The zero-order valence-electron chi connectivity index (χ0n) is 9.87. The lowest BCUT2D eigenvalue weighted by atomic mass is 10.0. The predicted octanol–water partition coefficient (Wildman–Crippen LogP) is 1.57. The number of hydrogen-bond donors (Lipinski definition) is 1. The third-order valence-corrected chi connectivity index (χ3v) is 2.25. The van der Waals surface area contributed by atoms with Crippen LogP contribution in [0.1, 0.15) is 32.2 Å². The van der Waals surface area contributed by atoms with Crippen molar-refractivity contribution in [3.63, 3.8) is 0 Å². The lowest BCUT2D eigenvalue weighted by molar-refractivity contribution is 0.335. The van der Waals surface area contributed by atoms with E-state index in [9.17, 15) is 0 Å². The Bertz CT molecular complexity index is 468. The Kier molecular flexibility index (Phi) is 3.43. The quantitative estimate of drug-likeness (QED) is 0.861. The second kappa shape index (κ2) is 5.01. The summed E-state index contributed by atoms with van der Waals surface area (Å²) in [6.45, 7) is 4.19. The molecule has 0 aromatic carbocycles. The molecule has 1 atom stereocenters. The van der Waals surface area contributed by atoms with Crippen LogP contribution in [-0.2, 0) is 0 Å². The van der Waals surface area contributed by atoms with Crippen molar-refractivity contribution in [2.45, 2.75) is 26.3 Å². The van der Waals surface area contributed by atoms with Gasteiger partial charge in [-0.2, -0.15) is 4.98 Å². The van der Waals surface area contributed by atoms with E-state index >= 15 is 0 Å². The van der Waals surface area contributed by atoms with E-state index in [0.717, 1.165) is 6.42 Å². The first-order chi connectivity index (χ1) is 8.16. The Morgan fingerprint density at radius 1 is 1.24 bits per heavy atom. The molecule has 0 fully saturated rings. The van der Waals surface area contributed by atoms with E-state index in [1.165, 1.54) is 0 Å². The number of rotatable bonds is 4. The Hall–Kier alpha value is -1.82. The van der Waals surface area contributed by atoms with Crippen LogP contribution in [-0.4, -0.2) is 20.1 Å². The summed E-state index contributed by atoms with van der Waals surface area (Å²) in [5, 5.41) is 3.82. The van der Waals surface area contributed by atoms with Crippen LogP contribution in [0.4, 0.5) is 0 Å². The van der Waals surface area contributed by atoms with E-state index in [1.807, 2.05) is 0 Å². The minimum atomic E-state index is -0.236. The molecule has 0 unspecified atom stereocenters. The van der Waals surface area contributed by atoms with Gasteiger partial charge in [0.1, 0.15) is 0 Å². The second-order valence-corrected chi connectivity index (χ2v) is 4.26. The average molecular weight is 233 g/mol. The van der Waals surface area contributed by atoms with Crippen LogP contribution in [0.25, 0.3) is 11.6 Å². The first-order valence-electron chi connectivity index (χ1n) is 5.53. The second-order valence-electron chi connectivity index (χ2n) is 4.26. The molecular weight excluding hydrogens is 218 g/mol. The van der Waals surface area contributed by atoms with Crippen molar-refractivity contribution in [2.24, 2.45) is 11.7 Å². The summed E-state index contributed by atoms with van der Waals surface area (Å²) >= 11 is 0. The van der Waals surface area contributed by atoms with Gasteiger partial charge in [0.25, 0.3) is 0 Å². The van der Waals surface area contributed by atoms with Crippen LogP contribution >= 0.6 is 0 Å². The molecule has 90 valence electrons. The zero-order valence-corrected chi connectivity index (χ0v) is 9.87. The van der Waals surface area contributed by atoms with Gasteiger partial charge in [-0.15, -0.1) is 0 Å². The molecule has 0 aliphatic rings. The SMILES string of the molecule is CC(C)C[C@@H](N)c1nc(-c2ncccn2)no1. The van der Waals surface area contributed by atoms with Crippen LogP contribution in [0.15, 0.2) is 23.0 Å². The maximum atomic E-state index is 5.95. The minimum absolute atomic E-state index is 0.236. The number of aromatic nitrogens is 4. The van der Waals surface area contributed by atoms with Crippen molar-refractivity contribution in [3.8, 4) is 11.6 Å². The van der Waals surface area contributed by atoms with E-state index in [2.05, 4.69) is 34.0 Å². The fourth-order valence-electron chi connectivity index (χ4n) is 1.50. The lowest BCUT2D eigenvalue weighted by Crippen LogP contribution is -2.13. The molecule has 0 bridgehead atoms. The molecule has 0 radical (unpaired) electrons. The Labute approximate surface area is 99.3 Å². The summed E-state index contributed by atoms with van der Waals surface area (Å²) in [7, 11) is 0. The summed E-state index contributed by atoms with van der Waals surface area (Å²) < 4.78 is 5.12. The maximum absolute atomic E-state index is 5.95. The third-order valence-electron chi connectivity index (χ3n) is 2.25. The van der Waals surface area contributed by atoms with E-state index in [4.69, 9.17) is 10.3 Å². The summed E-state index contributed by atoms with van der Waals surface area (Å²) in [5.74, 6) is 1.73. The van der Waals surface area contributed by atoms with E-state index < -0.39 is 0 Å². The predicted molar refractivity (Wildman–Crippen MR) is 61.7 cm³/mol. The molecule has 0 aliphatic carbocycles. The molecule has 2 heterocycles. The van der Waals surface area contributed by atoms with Crippen molar-refractivity contribution in [1.82, 2.24) is 20.1 Å². The fourth-order valence-corrected chi connectivity index (χ4v) is 1.50. The van der Waals surface area contributed by atoms with Gasteiger partial charge in [0.15, 0.2) is 0 Å². The Morgan fingerprint density at radius 2 is 1.94 bits per heavy atom. The van der Waals surface area contributed by atoms with Crippen molar-refractivity contribution < 1.29 is 4.52 Å². The molecule has 0 saturated carbocycles. The molecule has 2 rings (SSSR count). The molecule has 0 spiro atoms. The largest absolute Gasteiger partial charge is 0.337 e. The van der Waals surface area contributed by atoms with Gasteiger partial charge in [-0.25, -0.2) is 9.97 Å². The fraction of sp³-hybridized carbons (Fsp3) is 0.455. The van der Waals surface area contributed by atoms with Gasteiger partial charge in [0.05, 0.1) is 6.04 Å². The van der Waals surface area contributed by atoms with Gasteiger partial charge >= 0.3 is 0 Å². The van der Waals surface area contributed by atoms with Gasteiger partial charge in [-0.05, 0) is 18.4 Å². The minimum Gasteiger partial charge on any atom is -0.337 e. The zero-order chi connectivity index (χ0) is 12.3. The topological polar surface area (TPSA) is 90.7 Å². The number of nitrogens with two attached hydrogens (primary N) is 1. The van der Waals surface area contributed by atoms with Crippen molar-refractivity contribution in [3.05, 3.63) is 24.4 Å². The molecule has 6 heteroatoms. The highest BCUT2D eigenvalue weighted by atomic mass is 16.5. The van der Waals surface area contributed by atoms with E-state index in [1.54, 1.807) is 18.5 Å². The first-order valence-corrected chi connectivity index (χ1v) is 5.53. The summed E-state index contributed by atoms with van der Waals surface area (Å²) in [5.41, 5.74) is 5.95. The molecule has 0 saturated heterocycles. The smallest absolute Gasteiger partial charge is 0.243 e. The molecular formula is C11H15N5O. The van der Waals surface area contributed by atoms with Gasteiger partial charge in [0, 0.05) is 12.4 Å². The van der Waals surface area contributed by atoms with E-state index in [0.29, 0.717) is 23.5 Å². The first kappa shape index (κ1) is 11.7. The van der Waals surface area contributed by atoms with Crippen LogP contribution in [0.5, 0.6) is 0 Å². The van der Waals surface area contributed by atoms with Gasteiger partial charge < -0.3 is 10.3 Å². The molecule has 17 heavy (non-hydrogen) atoms. The Balaban J connectivity index is 2.16. The highest BCUT2D eigenvalue weighted by Gasteiger charge is 2.17. The third kappa shape index (κ3) is 2.85. The normalized spacial score (nSPS) is 12.9. The molecule has 6 nitrogen and oxygen atoms in total. The number of nitrogens with zero attached hydrogens (tertiary/aromatic N) is 4. The number of hydrogen-bond acceptors (Lipinski definition) is 6. The van der Waals surface area contributed by atoms with Crippen molar-refractivity contribution in [2.75, 3.05) is 0 Å². The monoisotopic (exact) mass is 233 g/mol. The molecule has 2 aromatic rings. The average Bonchev–Trinajstić information content (AvgIpc) is 2.78. The Morgan fingerprint density at radius 3 is 2.59 bits per heavy atom. The van der Waals surface area contributed by atoms with Crippen LogP contribution < -0.4 is 5.73 Å². The van der Waals surface area contributed by atoms with Crippen LogP contribution in [0.2, 0.25) is 0 Å². The van der Waals surface area contributed by atoms with Crippen molar-refractivity contribution >= 4 is 0 Å². The molecule has 0 aliphatic heterocycles. The molecule has 0 amide bonds. The van der Waals surface area contributed by atoms with Gasteiger partial charge in [-0.1, -0.05) is 19.0 Å². The van der Waals surface area contributed by atoms with Gasteiger partial charge in [-0.3, -0.25) is 0 Å². The highest BCUT2D eigenvalue weighted by Crippen LogP contribution is 2.19. The molecule has 2 N–H and O–H groups in total. The maximum Gasteiger partial charge on any atom is 0.243 e. The summed E-state index contributed by atoms with van der Waals surface area (Å²) in [4.78, 5) is 12.3. The van der Waals surface area contributed by atoms with E-state index in [-0.39, 0.29) is 6.04 Å². The molecule has 2 aromatic heterocycles. The van der Waals surface area contributed by atoms with Crippen LogP contribution in [0.3, 0.4) is 0 Å². The lowest BCUT2D eigenvalue weighted by Gasteiger charge is -2.08. The van der Waals surface area contributed by atoms with Crippen LogP contribution in [0, 0.1) is 5.92 Å². The van der Waals surface area contributed by atoms with Crippen molar-refractivity contribution in [1.29, 1.82) is 0 Å². The highest BCUT2D eigenvalue weighted by molar-refractivity contribution is 5.40. The summed E-state index contributed by atoms with van der Waals surface area (Å²) in [6.07, 6.45) is 4.07.